The molecule has 29 heavy (non-hydrogen) atoms. The molecule has 2 bridgehead atoms. The Morgan fingerprint density at radius 2 is 2.21 bits per heavy atom. The van der Waals surface area contributed by atoms with Gasteiger partial charge >= 0.3 is 0 Å². The predicted molar refractivity (Wildman–Crippen MR) is 115 cm³/mol. The lowest BCUT2D eigenvalue weighted by molar-refractivity contribution is -0.125. The van der Waals surface area contributed by atoms with Crippen LogP contribution in [0.25, 0.3) is 0 Å². The summed E-state index contributed by atoms with van der Waals surface area (Å²) in [6.07, 6.45) is 9.31. The molecular formula is C23H27ClN2O3. The van der Waals surface area contributed by atoms with Gasteiger partial charge in [0.2, 0.25) is 5.91 Å². The predicted octanol–water partition coefficient (Wildman–Crippen LogP) is 4.42. The minimum Gasteiger partial charge on any atom is -0.504 e. The molecule has 1 aromatic rings. The van der Waals surface area contributed by atoms with Crippen LogP contribution in [0, 0.1) is 11.8 Å². The number of phenols is 1. The zero-order chi connectivity index (χ0) is 20.8. The molecule has 4 rings (SSSR count). The third-order valence-corrected chi connectivity index (χ3v) is 6.82. The number of allylic oxidation sites excluding steroid dienone is 2. The summed E-state index contributed by atoms with van der Waals surface area (Å²) in [5.74, 6) is 0.985. The van der Waals surface area contributed by atoms with E-state index in [9.17, 15) is 9.90 Å². The maximum absolute atomic E-state index is 12.0. The number of rotatable bonds is 3. The zero-order valence-corrected chi connectivity index (χ0v) is 17.8. The highest BCUT2D eigenvalue weighted by Gasteiger charge is 2.54. The van der Waals surface area contributed by atoms with E-state index in [-0.39, 0.29) is 29.5 Å². The first-order valence-corrected chi connectivity index (χ1v) is 10.5. The quantitative estimate of drug-likeness (QED) is 0.568. The number of hydrogen-bond acceptors (Lipinski definition) is 4. The number of hydrogen-bond donors (Lipinski definition) is 2. The molecule has 2 unspecified atom stereocenters. The molecule has 5 nitrogen and oxygen atoms in total. The van der Waals surface area contributed by atoms with Crippen molar-refractivity contribution in [2.45, 2.75) is 51.1 Å². The van der Waals surface area contributed by atoms with Crippen LogP contribution in [0.5, 0.6) is 11.5 Å². The normalized spacial score (nSPS) is 32.7. The summed E-state index contributed by atoms with van der Waals surface area (Å²) in [6, 6.07) is 3.40. The average molecular weight is 415 g/mol. The smallest absolute Gasteiger partial charge is 0.220 e. The molecule has 2 fully saturated rings. The third-order valence-electron chi connectivity index (χ3n) is 6.60. The van der Waals surface area contributed by atoms with Crippen molar-refractivity contribution in [3.63, 3.8) is 0 Å². The number of carbonyl (C=O) groups is 1. The van der Waals surface area contributed by atoms with Crippen molar-refractivity contribution in [2.24, 2.45) is 16.8 Å². The van der Waals surface area contributed by atoms with Crippen LogP contribution in [0.1, 0.15) is 45.1 Å². The first kappa shape index (κ1) is 20.0. The second-order valence-electron chi connectivity index (χ2n) is 8.32. The summed E-state index contributed by atoms with van der Waals surface area (Å²) in [6.45, 7) is 4.23. The Balaban J connectivity index is 1.82. The summed E-state index contributed by atoms with van der Waals surface area (Å²) >= 11 is 6.21. The van der Waals surface area contributed by atoms with E-state index < -0.39 is 5.54 Å². The summed E-state index contributed by atoms with van der Waals surface area (Å²) in [5, 5.41) is 14.2. The highest BCUT2D eigenvalue weighted by molar-refractivity contribution is 6.31. The van der Waals surface area contributed by atoms with Gasteiger partial charge in [-0.3, -0.25) is 9.79 Å². The highest BCUT2D eigenvalue weighted by Crippen LogP contribution is 2.53. The molecule has 0 radical (unpaired) electrons. The molecule has 3 aliphatic rings. The average Bonchev–Trinajstić information content (AvgIpc) is 2.67. The van der Waals surface area contributed by atoms with Gasteiger partial charge in [-0.15, -0.1) is 0 Å². The Hall–Kier alpha value is -2.27. The first-order chi connectivity index (χ1) is 13.9. The second-order valence-corrected chi connectivity index (χ2v) is 8.76. The summed E-state index contributed by atoms with van der Waals surface area (Å²) in [5.41, 5.74) is 2.74. The third kappa shape index (κ3) is 3.35. The van der Waals surface area contributed by atoms with Gasteiger partial charge in [0.1, 0.15) is 0 Å². The lowest BCUT2D eigenvalue weighted by atomic mass is 9.56. The molecule has 1 amide bonds. The fourth-order valence-corrected chi connectivity index (χ4v) is 5.75. The Kier molecular flexibility index (Phi) is 5.19. The number of phenolic OH excluding ortho intramolecular Hbond substituents is 1. The number of benzene rings is 1. The molecule has 2 aliphatic carbocycles. The van der Waals surface area contributed by atoms with Gasteiger partial charge in [0.15, 0.2) is 11.5 Å². The molecule has 2 N–H and O–H groups in total. The van der Waals surface area contributed by atoms with E-state index in [0.717, 1.165) is 19.3 Å². The van der Waals surface area contributed by atoms with Gasteiger partial charge in [0.25, 0.3) is 0 Å². The lowest BCUT2D eigenvalue weighted by Crippen LogP contribution is -2.60. The number of amides is 1. The number of aliphatic imine (C=N–C) groups is 1. The number of nitrogens with one attached hydrogen (secondary N) is 1. The maximum Gasteiger partial charge on any atom is 0.220 e. The van der Waals surface area contributed by atoms with Crippen LogP contribution in [0.15, 0.2) is 40.4 Å². The van der Waals surface area contributed by atoms with Crippen molar-refractivity contribution >= 4 is 23.7 Å². The van der Waals surface area contributed by atoms with Crippen molar-refractivity contribution in [1.82, 2.24) is 5.32 Å². The van der Waals surface area contributed by atoms with E-state index in [1.54, 1.807) is 18.3 Å². The molecule has 6 heteroatoms. The van der Waals surface area contributed by atoms with Crippen LogP contribution in [0.2, 0.25) is 5.02 Å². The van der Waals surface area contributed by atoms with E-state index in [4.69, 9.17) is 21.3 Å². The summed E-state index contributed by atoms with van der Waals surface area (Å²) in [4.78, 5) is 17.2. The molecule has 1 saturated carbocycles. The molecule has 1 aliphatic heterocycles. The Morgan fingerprint density at radius 3 is 2.93 bits per heavy atom. The Morgan fingerprint density at radius 1 is 1.41 bits per heavy atom. The molecule has 1 aromatic carbocycles. The molecule has 0 aromatic heterocycles. The molecule has 154 valence electrons. The number of methoxy groups -OCH3 is 1. The standard InChI is InChI=1S/C23H27ClN2O3/c1-4-17-14-7-13(2)11-23(17,18-5-6-21(27)26-19(18)9-14)25-12-15-8-16(24)10-20(29-3)22(15)28/h4,7-8,10,12,14,18-19,28H,5-6,9,11H2,1-3H3,(H,26,27)/b17-4+,25-12?/t14-,18?,19?,23+/m0/s1. The highest BCUT2D eigenvalue weighted by atomic mass is 35.5. The minimum atomic E-state index is -0.420. The lowest BCUT2D eigenvalue weighted by Gasteiger charge is -2.54. The molecule has 1 heterocycles. The van der Waals surface area contributed by atoms with Gasteiger partial charge in [-0.2, -0.15) is 0 Å². The van der Waals surface area contributed by atoms with E-state index in [1.807, 2.05) is 0 Å². The Bertz CT molecular complexity index is 936. The second kappa shape index (κ2) is 7.52. The van der Waals surface area contributed by atoms with Gasteiger partial charge in [-0.1, -0.05) is 29.3 Å². The van der Waals surface area contributed by atoms with Gasteiger partial charge in [0.05, 0.1) is 12.6 Å². The zero-order valence-electron chi connectivity index (χ0n) is 17.0. The number of aromatic hydroxyl groups is 1. The monoisotopic (exact) mass is 414 g/mol. The molecular weight excluding hydrogens is 388 g/mol. The topological polar surface area (TPSA) is 70.9 Å². The van der Waals surface area contributed by atoms with Crippen molar-refractivity contribution in [2.75, 3.05) is 7.11 Å². The van der Waals surface area contributed by atoms with Crippen LogP contribution < -0.4 is 10.1 Å². The van der Waals surface area contributed by atoms with Gasteiger partial charge in [0, 0.05) is 47.2 Å². The number of halogens is 1. The van der Waals surface area contributed by atoms with Crippen LogP contribution in [-0.2, 0) is 4.79 Å². The number of nitrogens with zero attached hydrogens (tertiary/aromatic N) is 1. The largest absolute Gasteiger partial charge is 0.504 e. The molecule has 1 saturated heterocycles. The van der Waals surface area contributed by atoms with Crippen molar-refractivity contribution in [3.8, 4) is 11.5 Å². The van der Waals surface area contributed by atoms with E-state index in [2.05, 4.69) is 31.3 Å². The minimum absolute atomic E-state index is 0.0306. The van der Waals surface area contributed by atoms with E-state index >= 15 is 0 Å². The summed E-state index contributed by atoms with van der Waals surface area (Å²) < 4.78 is 5.23. The van der Waals surface area contributed by atoms with Crippen LogP contribution in [0.3, 0.4) is 0 Å². The van der Waals surface area contributed by atoms with Gasteiger partial charge < -0.3 is 15.2 Å². The fraction of sp³-hybridized carbons (Fsp3) is 0.478. The number of ether oxygens (including phenoxy) is 1. The number of carbonyl (C=O) groups excluding carboxylic acids is 1. The number of piperidine rings is 1. The van der Waals surface area contributed by atoms with E-state index in [0.29, 0.717) is 22.8 Å². The van der Waals surface area contributed by atoms with Crippen LogP contribution >= 0.6 is 11.6 Å². The molecule has 0 spiro atoms. The van der Waals surface area contributed by atoms with Gasteiger partial charge in [-0.25, -0.2) is 0 Å². The van der Waals surface area contributed by atoms with Crippen molar-refractivity contribution in [3.05, 3.63) is 46.0 Å². The fourth-order valence-electron chi connectivity index (χ4n) is 5.53. The summed E-state index contributed by atoms with van der Waals surface area (Å²) in [7, 11) is 1.50. The van der Waals surface area contributed by atoms with Crippen LogP contribution in [-0.4, -0.2) is 35.9 Å². The molecule has 4 atom stereocenters. The SMILES string of the molecule is C/C=C1\[C@H]2C=C(C)C[C@]1(N=Cc1cc(Cl)cc(OC)c1O)C1CCC(=O)NC1C2. The van der Waals surface area contributed by atoms with Crippen molar-refractivity contribution < 1.29 is 14.6 Å². The van der Waals surface area contributed by atoms with Gasteiger partial charge in [-0.05, 0) is 44.7 Å². The first-order valence-electron chi connectivity index (χ1n) is 10.1. The van der Waals surface area contributed by atoms with Crippen molar-refractivity contribution in [1.29, 1.82) is 0 Å². The van der Waals surface area contributed by atoms with Crippen LogP contribution in [0.4, 0.5) is 0 Å². The Labute approximate surface area is 176 Å². The maximum atomic E-state index is 12.0. The number of fused-ring (bicyclic) bond motifs is 4. The van der Waals surface area contributed by atoms with E-state index in [1.165, 1.54) is 18.3 Å².